The molecule has 0 aliphatic carbocycles. The van der Waals surface area contributed by atoms with E-state index in [-0.39, 0.29) is 12.4 Å². The summed E-state index contributed by atoms with van der Waals surface area (Å²) in [6, 6.07) is 19.2. The minimum absolute atomic E-state index is 0. The maximum Gasteiger partial charge on any atom is 0.152 e. The maximum absolute atomic E-state index is 6.20. The summed E-state index contributed by atoms with van der Waals surface area (Å²) in [5.74, 6) is 0.506. The summed E-state index contributed by atoms with van der Waals surface area (Å²) < 4.78 is 2.32. The Kier molecular flexibility index (Phi) is 5.97. The number of nitrogens with two attached hydrogens (primary N) is 1. The van der Waals surface area contributed by atoms with Crippen LogP contribution in [-0.2, 0) is 6.42 Å². The molecule has 0 aliphatic heterocycles. The maximum atomic E-state index is 6.20. The molecule has 0 unspecified atom stereocenters. The van der Waals surface area contributed by atoms with E-state index in [1.54, 1.807) is 0 Å². The number of halogens is 1. The molecular weight excluding hydrogens is 356 g/mol. The summed E-state index contributed by atoms with van der Waals surface area (Å²) >= 11 is 0. The van der Waals surface area contributed by atoms with Gasteiger partial charge in [-0.25, -0.2) is 9.97 Å². The molecule has 2 N–H and O–H groups in total. The van der Waals surface area contributed by atoms with Crippen LogP contribution in [0.3, 0.4) is 0 Å². The second kappa shape index (κ2) is 8.40. The van der Waals surface area contributed by atoms with Crippen LogP contribution in [-0.4, -0.2) is 14.5 Å². The molecule has 0 saturated carbocycles. The number of pyridine rings is 1. The number of imidazole rings is 1. The average Bonchev–Trinajstić information content (AvgIpc) is 3.12. The summed E-state index contributed by atoms with van der Waals surface area (Å²) in [7, 11) is 0. The van der Waals surface area contributed by atoms with Gasteiger partial charge in [-0.2, -0.15) is 0 Å². The normalized spacial score (nSPS) is 12.2. The quantitative estimate of drug-likeness (QED) is 0.476. The smallest absolute Gasteiger partial charge is 0.152 e. The molecule has 4 rings (SSSR count). The molecule has 0 fully saturated rings. The van der Waals surface area contributed by atoms with Crippen LogP contribution in [0.4, 0.5) is 5.82 Å². The first-order chi connectivity index (χ1) is 12.8. The van der Waals surface area contributed by atoms with E-state index in [2.05, 4.69) is 63.9 Å². The molecule has 5 heteroatoms. The zero-order valence-electron chi connectivity index (χ0n) is 15.5. The summed E-state index contributed by atoms with van der Waals surface area (Å²) in [5, 5.41) is 1.11. The number of unbranched alkanes of at least 4 members (excludes halogenated alkanes) is 1. The lowest BCUT2D eigenvalue weighted by atomic mass is 10.0. The molecule has 0 spiro atoms. The lowest BCUT2D eigenvalue weighted by Crippen LogP contribution is -2.12. The molecule has 0 bridgehead atoms. The predicted octanol–water partition coefficient (Wildman–Crippen LogP) is 5.56. The number of anilines is 1. The Balaban J connectivity index is 0.00000210. The molecule has 4 aromatic rings. The van der Waals surface area contributed by atoms with Gasteiger partial charge in [0.15, 0.2) is 5.82 Å². The molecule has 0 amide bonds. The van der Waals surface area contributed by atoms with Gasteiger partial charge < -0.3 is 10.3 Å². The minimum atomic E-state index is 0. The molecule has 0 radical (unpaired) electrons. The largest absolute Gasteiger partial charge is 0.382 e. The van der Waals surface area contributed by atoms with Gasteiger partial charge in [-0.05, 0) is 24.5 Å². The zero-order chi connectivity index (χ0) is 17.9. The number of benzene rings is 2. The first kappa shape index (κ1) is 19.2. The summed E-state index contributed by atoms with van der Waals surface area (Å²) in [4.78, 5) is 9.14. The van der Waals surface area contributed by atoms with Crippen molar-refractivity contribution in [2.24, 2.45) is 0 Å². The monoisotopic (exact) mass is 380 g/mol. The average molecular weight is 381 g/mol. The van der Waals surface area contributed by atoms with E-state index in [0.29, 0.717) is 11.9 Å². The third kappa shape index (κ3) is 3.76. The van der Waals surface area contributed by atoms with Crippen molar-refractivity contribution in [3.8, 4) is 0 Å². The highest BCUT2D eigenvalue weighted by atomic mass is 35.5. The topological polar surface area (TPSA) is 56.7 Å². The van der Waals surface area contributed by atoms with Crippen molar-refractivity contribution in [3.05, 3.63) is 66.5 Å². The SMILES string of the molecule is CCCC[C@H](Cc1ccccc1)n1cnc2c(N)nc3ccccc3c21.Cl. The van der Waals surface area contributed by atoms with Crippen LogP contribution >= 0.6 is 12.4 Å². The van der Waals surface area contributed by atoms with Gasteiger partial charge in [0, 0.05) is 11.4 Å². The number of nitrogens with zero attached hydrogens (tertiary/aromatic N) is 3. The molecule has 4 nitrogen and oxygen atoms in total. The van der Waals surface area contributed by atoms with E-state index in [1.165, 1.54) is 18.4 Å². The van der Waals surface area contributed by atoms with E-state index < -0.39 is 0 Å². The van der Waals surface area contributed by atoms with Crippen molar-refractivity contribution in [1.82, 2.24) is 14.5 Å². The van der Waals surface area contributed by atoms with E-state index in [1.807, 2.05) is 18.5 Å². The van der Waals surface area contributed by atoms with Gasteiger partial charge in [0.05, 0.1) is 17.4 Å². The number of para-hydroxylation sites is 1. The third-order valence-corrected chi connectivity index (χ3v) is 5.03. The predicted molar refractivity (Wildman–Crippen MR) is 115 cm³/mol. The second-order valence-corrected chi connectivity index (χ2v) is 6.85. The standard InChI is InChI=1S/C22H24N4.ClH/c1-2-3-11-17(14-16-9-5-4-6-10-16)26-15-24-20-21(26)18-12-7-8-13-19(18)25-22(20)23;/h4-10,12-13,15,17H,2-3,11,14H2,1H3,(H2,23,25);1H/t17-;/m1./s1. The van der Waals surface area contributed by atoms with Crippen molar-refractivity contribution in [1.29, 1.82) is 0 Å². The number of aromatic nitrogens is 3. The number of hydrogen-bond acceptors (Lipinski definition) is 3. The van der Waals surface area contributed by atoms with Crippen molar-refractivity contribution < 1.29 is 0 Å². The van der Waals surface area contributed by atoms with E-state index in [0.717, 1.165) is 34.8 Å². The van der Waals surface area contributed by atoms with Crippen LogP contribution in [0.2, 0.25) is 0 Å². The molecule has 2 aromatic carbocycles. The second-order valence-electron chi connectivity index (χ2n) is 6.85. The Labute approximate surface area is 165 Å². The minimum Gasteiger partial charge on any atom is -0.382 e. The molecular formula is C22H25ClN4. The molecule has 27 heavy (non-hydrogen) atoms. The van der Waals surface area contributed by atoms with E-state index >= 15 is 0 Å². The van der Waals surface area contributed by atoms with Gasteiger partial charge in [-0.15, -0.1) is 12.4 Å². The number of rotatable bonds is 6. The van der Waals surface area contributed by atoms with Crippen LogP contribution in [0, 0.1) is 0 Å². The highest BCUT2D eigenvalue weighted by molar-refractivity contribution is 6.06. The zero-order valence-corrected chi connectivity index (χ0v) is 16.3. The van der Waals surface area contributed by atoms with Crippen LogP contribution in [0.5, 0.6) is 0 Å². The molecule has 0 saturated heterocycles. The van der Waals surface area contributed by atoms with Gasteiger partial charge in [0.25, 0.3) is 0 Å². The number of hydrogen-bond donors (Lipinski definition) is 1. The summed E-state index contributed by atoms with van der Waals surface area (Å²) in [5.41, 5.74) is 10.4. The fourth-order valence-electron chi connectivity index (χ4n) is 3.71. The van der Waals surface area contributed by atoms with Crippen molar-refractivity contribution >= 4 is 40.2 Å². The molecule has 0 aliphatic rings. The van der Waals surface area contributed by atoms with Gasteiger partial charge in [-0.1, -0.05) is 68.3 Å². The van der Waals surface area contributed by atoms with Gasteiger partial charge >= 0.3 is 0 Å². The van der Waals surface area contributed by atoms with Gasteiger partial charge in [0.2, 0.25) is 0 Å². The fourth-order valence-corrected chi connectivity index (χ4v) is 3.71. The molecule has 140 valence electrons. The molecule has 2 heterocycles. The van der Waals surface area contributed by atoms with Crippen LogP contribution in [0.1, 0.15) is 37.8 Å². The highest BCUT2D eigenvalue weighted by Crippen LogP contribution is 2.31. The van der Waals surface area contributed by atoms with Gasteiger partial charge in [0.1, 0.15) is 5.52 Å². The Hall–Kier alpha value is -2.59. The number of fused-ring (bicyclic) bond motifs is 3. The Morgan fingerprint density at radius 2 is 1.78 bits per heavy atom. The third-order valence-electron chi connectivity index (χ3n) is 5.03. The van der Waals surface area contributed by atoms with Crippen LogP contribution in [0.25, 0.3) is 21.9 Å². The molecule has 2 aromatic heterocycles. The van der Waals surface area contributed by atoms with Crippen LogP contribution < -0.4 is 5.73 Å². The first-order valence-corrected chi connectivity index (χ1v) is 9.32. The lowest BCUT2D eigenvalue weighted by Gasteiger charge is -2.20. The summed E-state index contributed by atoms with van der Waals surface area (Å²) in [6.07, 6.45) is 6.42. The van der Waals surface area contributed by atoms with E-state index in [4.69, 9.17) is 5.73 Å². The van der Waals surface area contributed by atoms with Crippen molar-refractivity contribution in [3.63, 3.8) is 0 Å². The highest BCUT2D eigenvalue weighted by Gasteiger charge is 2.18. The van der Waals surface area contributed by atoms with Crippen LogP contribution in [0.15, 0.2) is 60.9 Å². The Morgan fingerprint density at radius 3 is 2.56 bits per heavy atom. The first-order valence-electron chi connectivity index (χ1n) is 9.32. The summed E-state index contributed by atoms with van der Waals surface area (Å²) in [6.45, 7) is 2.24. The van der Waals surface area contributed by atoms with Crippen molar-refractivity contribution in [2.75, 3.05) is 5.73 Å². The van der Waals surface area contributed by atoms with E-state index in [9.17, 15) is 0 Å². The Bertz CT molecular complexity index is 1030. The van der Waals surface area contributed by atoms with Crippen molar-refractivity contribution in [2.45, 2.75) is 38.6 Å². The van der Waals surface area contributed by atoms with Gasteiger partial charge in [-0.3, -0.25) is 0 Å². The Morgan fingerprint density at radius 1 is 1.04 bits per heavy atom. The fraction of sp³-hybridized carbons (Fsp3) is 0.273. The number of nitrogen functional groups attached to an aromatic ring is 1. The molecule has 1 atom stereocenters. The lowest BCUT2D eigenvalue weighted by molar-refractivity contribution is 0.456.